The van der Waals surface area contributed by atoms with E-state index in [0.717, 1.165) is 17.9 Å². The number of amides is 2. The van der Waals surface area contributed by atoms with Gasteiger partial charge in [0.2, 0.25) is 0 Å². The van der Waals surface area contributed by atoms with E-state index in [-0.39, 0.29) is 11.6 Å². The van der Waals surface area contributed by atoms with Crippen LogP contribution in [0.1, 0.15) is 35.2 Å². The molecule has 5 nitrogen and oxygen atoms in total. The van der Waals surface area contributed by atoms with Crippen LogP contribution in [0.25, 0.3) is 0 Å². The van der Waals surface area contributed by atoms with E-state index in [1.165, 1.54) is 12.8 Å². The van der Waals surface area contributed by atoms with Gasteiger partial charge in [0.25, 0.3) is 0 Å². The number of aromatic carboxylic acids is 1. The molecule has 1 saturated carbocycles. The van der Waals surface area contributed by atoms with Crippen molar-refractivity contribution in [3.63, 3.8) is 0 Å². The SMILES string of the molecule is Cc1ccc(NC(=O)NCCC2CC2)c(C(=O)O)c1. The second-order valence-electron chi connectivity index (χ2n) is 4.97. The lowest BCUT2D eigenvalue weighted by atomic mass is 10.1. The highest BCUT2D eigenvalue weighted by Gasteiger charge is 2.20. The Bertz CT molecular complexity index is 495. The first-order valence-electron chi connectivity index (χ1n) is 6.45. The Morgan fingerprint density at radius 1 is 1.37 bits per heavy atom. The maximum Gasteiger partial charge on any atom is 0.337 e. The summed E-state index contributed by atoms with van der Waals surface area (Å²) < 4.78 is 0. The molecule has 2 rings (SSSR count). The summed E-state index contributed by atoms with van der Waals surface area (Å²) >= 11 is 0. The number of carboxylic acids is 1. The summed E-state index contributed by atoms with van der Waals surface area (Å²) in [5, 5.41) is 14.4. The van der Waals surface area contributed by atoms with Crippen molar-refractivity contribution in [1.82, 2.24) is 5.32 Å². The van der Waals surface area contributed by atoms with Gasteiger partial charge in [-0.2, -0.15) is 0 Å². The first-order valence-corrected chi connectivity index (χ1v) is 6.45. The van der Waals surface area contributed by atoms with Crippen molar-refractivity contribution >= 4 is 17.7 Å². The molecule has 0 unspecified atom stereocenters. The molecule has 0 aromatic heterocycles. The van der Waals surface area contributed by atoms with Crippen LogP contribution in [0.2, 0.25) is 0 Å². The Labute approximate surface area is 112 Å². The second-order valence-corrected chi connectivity index (χ2v) is 4.97. The van der Waals surface area contributed by atoms with E-state index in [2.05, 4.69) is 10.6 Å². The highest BCUT2D eigenvalue weighted by atomic mass is 16.4. The van der Waals surface area contributed by atoms with Crippen LogP contribution in [-0.2, 0) is 0 Å². The fourth-order valence-electron chi connectivity index (χ4n) is 1.91. The number of anilines is 1. The molecule has 1 aliphatic carbocycles. The van der Waals surface area contributed by atoms with Crippen LogP contribution in [0.4, 0.5) is 10.5 Å². The standard InChI is InChI=1S/C14H18N2O3/c1-9-2-5-12(11(8-9)13(17)18)16-14(19)15-7-6-10-3-4-10/h2,5,8,10H,3-4,6-7H2,1H3,(H,17,18)(H2,15,16,19). The van der Waals surface area contributed by atoms with Crippen molar-refractivity contribution in [1.29, 1.82) is 0 Å². The van der Waals surface area contributed by atoms with Gasteiger partial charge in [0, 0.05) is 6.54 Å². The molecule has 0 heterocycles. The predicted molar refractivity (Wildman–Crippen MR) is 72.5 cm³/mol. The highest BCUT2D eigenvalue weighted by molar-refractivity contribution is 6.00. The first-order chi connectivity index (χ1) is 9.06. The van der Waals surface area contributed by atoms with Crippen LogP contribution in [0.5, 0.6) is 0 Å². The fourth-order valence-corrected chi connectivity index (χ4v) is 1.91. The van der Waals surface area contributed by atoms with E-state index in [0.29, 0.717) is 12.2 Å². The summed E-state index contributed by atoms with van der Waals surface area (Å²) in [7, 11) is 0. The number of aryl methyl sites for hydroxylation is 1. The molecule has 2 amide bonds. The predicted octanol–water partition coefficient (Wildman–Crippen LogP) is 2.61. The van der Waals surface area contributed by atoms with Gasteiger partial charge in [0.05, 0.1) is 11.3 Å². The van der Waals surface area contributed by atoms with Crippen LogP contribution < -0.4 is 10.6 Å². The molecule has 1 aliphatic rings. The first kappa shape index (κ1) is 13.4. The van der Waals surface area contributed by atoms with E-state index in [1.54, 1.807) is 18.2 Å². The summed E-state index contributed by atoms with van der Waals surface area (Å²) in [4.78, 5) is 22.8. The summed E-state index contributed by atoms with van der Waals surface area (Å²) in [5.74, 6) is -0.286. The molecule has 3 N–H and O–H groups in total. The molecule has 1 fully saturated rings. The van der Waals surface area contributed by atoms with Crippen LogP contribution >= 0.6 is 0 Å². The van der Waals surface area contributed by atoms with Crippen LogP contribution in [-0.4, -0.2) is 23.7 Å². The molecular formula is C14H18N2O3. The maximum atomic E-state index is 11.7. The topological polar surface area (TPSA) is 78.4 Å². The molecule has 102 valence electrons. The summed E-state index contributed by atoms with van der Waals surface area (Å²) in [6.07, 6.45) is 3.50. The molecule has 5 heteroatoms. The molecule has 19 heavy (non-hydrogen) atoms. The zero-order valence-electron chi connectivity index (χ0n) is 10.9. The van der Waals surface area contributed by atoms with Crippen molar-refractivity contribution in [3.8, 4) is 0 Å². The van der Waals surface area contributed by atoms with Gasteiger partial charge in [-0.1, -0.05) is 24.5 Å². The Morgan fingerprint density at radius 3 is 2.74 bits per heavy atom. The Morgan fingerprint density at radius 2 is 2.11 bits per heavy atom. The smallest absolute Gasteiger partial charge is 0.337 e. The van der Waals surface area contributed by atoms with Gasteiger partial charge in [-0.15, -0.1) is 0 Å². The molecule has 0 aliphatic heterocycles. The molecule has 0 atom stereocenters. The number of hydrogen-bond donors (Lipinski definition) is 3. The van der Waals surface area contributed by atoms with Crippen LogP contribution in [0.3, 0.4) is 0 Å². The van der Waals surface area contributed by atoms with Crippen LogP contribution in [0, 0.1) is 12.8 Å². The number of benzene rings is 1. The zero-order chi connectivity index (χ0) is 13.8. The molecular weight excluding hydrogens is 244 g/mol. The zero-order valence-corrected chi connectivity index (χ0v) is 10.9. The lowest BCUT2D eigenvalue weighted by Crippen LogP contribution is -2.30. The number of carboxylic acid groups (broad SMARTS) is 1. The van der Waals surface area contributed by atoms with Gasteiger partial charge in [0.15, 0.2) is 0 Å². The average molecular weight is 262 g/mol. The van der Waals surface area contributed by atoms with Crippen molar-refractivity contribution in [2.24, 2.45) is 5.92 Å². The van der Waals surface area contributed by atoms with Gasteiger partial charge in [0.1, 0.15) is 0 Å². The van der Waals surface area contributed by atoms with Crippen molar-refractivity contribution in [2.75, 3.05) is 11.9 Å². The normalized spacial score (nSPS) is 13.9. The van der Waals surface area contributed by atoms with E-state index in [1.807, 2.05) is 6.92 Å². The van der Waals surface area contributed by atoms with Crippen LogP contribution in [0.15, 0.2) is 18.2 Å². The van der Waals surface area contributed by atoms with Gasteiger partial charge in [-0.25, -0.2) is 9.59 Å². The number of carbonyl (C=O) groups excluding carboxylic acids is 1. The minimum absolute atomic E-state index is 0.109. The third kappa shape index (κ3) is 3.98. The number of hydrogen-bond acceptors (Lipinski definition) is 2. The Kier molecular flexibility index (Phi) is 4.04. The summed E-state index contributed by atoms with van der Waals surface area (Å²) in [6.45, 7) is 2.44. The molecule has 0 bridgehead atoms. The van der Waals surface area contributed by atoms with Gasteiger partial charge in [-0.3, -0.25) is 0 Å². The summed E-state index contributed by atoms with van der Waals surface area (Å²) in [6, 6.07) is 4.57. The number of rotatable bonds is 5. The monoisotopic (exact) mass is 262 g/mol. The largest absolute Gasteiger partial charge is 0.478 e. The van der Waals surface area contributed by atoms with Crippen molar-refractivity contribution in [3.05, 3.63) is 29.3 Å². The number of urea groups is 1. The second kappa shape index (κ2) is 5.73. The molecule has 1 aromatic carbocycles. The Hall–Kier alpha value is -2.04. The Balaban J connectivity index is 1.93. The van der Waals surface area contributed by atoms with E-state index >= 15 is 0 Å². The molecule has 0 spiro atoms. The molecule has 1 aromatic rings. The average Bonchev–Trinajstić information content (AvgIpc) is 3.15. The molecule has 0 saturated heterocycles. The fraction of sp³-hybridized carbons (Fsp3) is 0.429. The van der Waals surface area contributed by atoms with E-state index < -0.39 is 5.97 Å². The minimum Gasteiger partial charge on any atom is -0.478 e. The van der Waals surface area contributed by atoms with Crippen molar-refractivity contribution < 1.29 is 14.7 Å². The lowest BCUT2D eigenvalue weighted by molar-refractivity contribution is 0.0698. The van der Waals surface area contributed by atoms with Gasteiger partial charge in [-0.05, 0) is 31.4 Å². The maximum absolute atomic E-state index is 11.7. The van der Waals surface area contributed by atoms with Gasteiger partial charge < -0.3 is 15.7 Å². The van der Waals surface area contributed by atoms with E-state index in [4.69, 9.17) is 5.11 Å². The quantitative estimate of drug-likeness (QED) is 0.763. The molecule has 0 radical (unpaired) electrons. The number of nitrogens with one attached hydrogen (secondary N) is 2. The third-order valence-electron chi connectivity index (χ3n) is 3.19. The van der Waals surface area contributed by atoms with E-state index in [9.17, 15) is 9.59 Å². The van der Waals surface area contributed by atoms with Gasteiger partial charge >= 0.3 is 12.0 Å². The van der Waals surface area contributed by atoms with Crippen molar-refractivity contribution in [2.45, 2.75) is 26.2 Å². The number of carbonyl (C=O) groups is 2. The minimum atomic E-state index is -1.04. The lowest BCUT2D eigenvalue weighted by Gasteiger charge is -2.10. The summed E-state index contributed by atoms with van der Waals surface area (Å²) in [5.41, 5.74) is 1.27. The third-order valence-corrected chi connectivity index (χ3v) is 3.19. The highest BCUT2D eigenvalue weighted by Crippen LogP contribution is 2.31.